The molecule has 1 N–H and O–H groups in total. The predicted molar refractivity (Wildman–Crippen MR) is 84.0 cm³/mol. The molecule has 6 nitrogen and oxygen atoms in total. The van der Waals surface area contributed by atoms with Gasteiger partial charge < -0.3 is 10.1 Å². The molecule has 1 aromatic heterocycles. The molecule has 0 radical (unpaired) electrons. The van der Waals surface area contributed by atoms with E-state index in [1.807, 2.05) is 18.7 Å². The quantitative estimate of drug-likeness (QED) is 0.855. The SMILES string of the molecule is CCNC(=O)C1COCCN1Cc1c(Br)c(CC)nn1C. The van der Waals surface area contributed by atoms with E-state index >= 15 is 0 Å². The molecule has 1 unspecified atom stereocenters. The first kappa shape index (κ1) is 16.5. The highest BCUT2D eigenvalue weighted by molar-refractivity contribution is 9.10. The van der Waals surface area contributed by atoms with Crippen LogP contribution < -0.4 is 5.32 Å². The molecule has 1 aliphatic rings. The van der Waals surface area contributed by atoms with Crippen molar-refractivity contribution in [2.24, 2.45) is 7.05 Å². The fraction of sp³-hybridized carbons (Fsp3) is 0.714. The number of rotatable bonds is 5. The van der Waals surface area contributed by atoms with Crippen LogP contribution in [0.3, 0.4) is 0 Å². The number of hydrogen-bond acceptors (Lipinski definition) is 4. The molecule has 7 heteroatoms. The number of likely N-dealkylation sites (N-methyl/N-ethyl adjacent to an activating group) is 1. The molecular weight excluding hydrogens is 336 g/mol. The van der Waals surface area contributed by atoms with Gasteiger partial charge in [-0.2, -0.15) is 5.10 Å². The lowest BCUT2D eigenvalue weighted by Gasteiger charge is -2.34. The summed E-state index contributed by atoms with van der Waals surface area (Å²) in [7, 11) is 1.95. The maximum Gasteiger partial charge on any atom is 0.239 e. The summed E-state index contributed by atoms with van der Waals surface area (Å²) in [5, 5.41) is 7.39. The average molecular weight is 359 g/mol. The van der Waals surface area contributed by atoms with Crippen molar-refractivity contribution in [3.05, 3.63) is 15.9 Å². The maximum atomic E-state index is 12.2. The molecule has 0 saturated carbocycles. The Morgan fingerprint density at radius 1 is 1.52 bits per heavy atom. The highest BCUT2D eigenvalue weighted by Gasteiger charge is 2.30. The standard InChI is InChI=1S/C14H23BrN4O2/c1-4-10-13(15)11(18(3)17-10)8-19-6-7-21-9-12(19)14(20)16-5-2/h12H,4-9H2,1-3H3,(H,16,20). The molecular formula is C14H23BrN4O2. The van der Waals surface area contributed by atoms with Crippen molar-refractivity contribution in [3.63, 3.8) is 0 Å². The monoisotopic (exact) mass is 358 g/mol. The van der Waals surface area contributed by atoms with Crippen molar-refractivity contribution < 1.29 is 9.53 Å². The van der Waals surface area contributed by atoms with Gasteiger partial charge >= 0.3 is 0 Å². The summed E-state index contributed by atoms with van der Waals surface area (Å²) >= 11 is 3.63. The van der Waals surface area contributed by atoms with Gasteiger partial charge in [-0.3, -0.25) is 14.4 Å². The maximum absolute atomic E-state index is 12.2. The van der Waals surface area contributed by atoms with E-state index in [0.717, 1.165) is 28.8 Å². The summed E-state index contributed by atoms with van der Waals surface area (Å²) in [6.07, 6.45) is 0.886. The Hall–Kier alpha value is -0.920. The van der Waals surface area contributed by atoms with E-state index in [-0.39, 0.29) is 11.9 Å². The summed E-state index contributed by atoms with van der Waals surface area (Å²) in [5.41, 5.74) is 2.15. The van der Waals surface area contributed by atoms with Gasteiger partial charge in [0.1, 0.15) is 6.04 Å². The smallest absolute Gasteiger partial charge is 0.239 e. The minimum Gasteiger partial charge on any atom is -0.378 e. The summed E-state index contributed by atoms with van der Waals surface area (Å²) in [5.74, 6) is 0.0335. The van der Waals surface area contributed by atoms with Gasteiger partial charge in [0.2, 0.25) is 5.91 Å². The van der Waals surface area contributed by atoms with Crippen molar-refractivity contribution in [3.8, 4) is 0 Å². The first-order valence-corrected chi connectivity index (χ1v) is 8.17. The van der Waals surface area contributed by atoms with Gasteiger partial charge in [0.15, 0.2) is 0 Å². The van der Waals surface area contributed by atoms with E-state index in [2.05, 4.69) is 38.2 Å². The van der Waals surface area contributed by atoms with E-state index < -0.39 is 0 Å². The zero-order chi connectivity index (χ0) is 15.4. The number of nitrogens with zero attached hydrogens (tertiary/aromatic N) is 3. The topological polar surface area (TPSA) is 59.4 Å². The van der Waals surface area contributed by atoms with Crippen molar-refractivity contribution in [1.82, 2.24) is 20.0 Å². The van der Waals surface area contributed by atoms with Gasteiger partial charge in [-0.05, 0) is 29.3 Å². The Bertz CT molecular complexity index is 503. The minimum absolute atomic E-state index is 0.0335. The first-order valence-electron chi connectivity index (χ1n) is 7.38. The van der Waals surface area contributed by atoms with Crippen molar-refractivity contribution in [1.29, 1.82) is 0 Å². The fourth-order valence-electron chi connectivity index (χ4n) is 2.54. The predicted octanol–water partition coefficient (Wildman–Crippen LogP) is 1.08. The zero-order valence-corrected chi connectivity index (χ0v) is 14.4. The van der Waals surface area contributed by atoms with E-state index in [1.165, 1.54) is 0 Å². The van der Waals surface area contributed by atoms with Crippen molar-refractivity contribution >= 4 is 21.8 Å². The second-order valence-electron chi connectivity index (χ2n) is 5.14. The number of nitrogens with one attached hydrogen (secondary N) is 1. The zero-order valence-electron chi connectivity index (χ0n) is 12.9. The van der Waals surface area contributed by atoms with Crippen molar-refractivity contribution in [2.75, 3.05) is 26.3 Å². The average Bonchev–Trinajstić information content (AvgIpc) is 2.75. The lowest BCUT2D eigenvalue weighted by Crippen LogP contribution is -2.53. The lowest BCUT2D eigenvalue weighted by molar-refractivity contribution is -0.132. The second-order valence-corrected chi connectivity index (χ2v) is 5.93. The third-order valence-corrected chi connectivity index (χ3v) is 4.66. The molecule has 1 atom stereocenters. The Kier molecular flexibility index (Phi) is 5.78. The van der Waals surface area contributed by atoms with Crippen LogP contribution in [0, 0.1) is 0 Å². The molecule has 0 aromatic carbocycles. The van der Waals surface area contributed by atoms with E-state index in [1.54, 1.807) is 0 Å². The summed E-state index contributed by atoms with van der Waals surface area (Å²) in [4.78, 5) is 14.3. The number of halogens is 1. The van der Waals surface area contributed by atoms with Crippen LogP contribution in [0.15, 0.2) is 4.47 Å². The van der Waals surface area contributed by atoms with Crippen LogP contribution in [0.1, 0.15) is 25.2 Å². The second kappa shape index (κ2) is 7.38. The van der Waals surface area contributed by atoms with E-state index in [9.17, 15) is 4.79 Å². The highest BCUT2D eigenvalue weighted by Crippen LogP contribution is 2.24. The van der Waals surface area contributed by atoms with Gasteiger partial charge in [-0.15, -0.1) is 0 Å². The molecule has 1 aromatic rings. The normalized spacial score (nSPS) is 19.7. The Morgan fingerprint density at radius 2 is 2.29 bits per heavy atom. The van der Waals surface area contributed by atoms with Gasteiger partial charge in [0.05, 0.1) is 29.1 Å². The number of aromatic nitrogens is 2. The van der Waals surface area contributed by atoms with E-state index in [4.69, 9.17) is 4.74 Å². The molecule has 21 heavy (non-hydrogen) atoms. The summed E-state index contributed by atoms with van der Waals surface area (Å²) < 4.78 is 8.41. The lowest BCUT2D eigenvalue weighted by atomic mass is 10.2. The summed E-state index contributed by atoms with van der Waals surface area (Å²) in [6, 6.07) is -0.231. The molecule has 0 bridgehead atoms. The van der Waals surface area contributed by atoms with Crippen molar-refractivity contribution in [2.45, 2.75) is 32.9 Å². The number of hydrogen-bond donors (Lipinski definition) is 1. The first-order chi connectivity index (χ1) is 10.1. The number of carbonyl (C=O) groups is 1. The highest BCUT2D eigenvalue weighted by atomic mass is 79.9. The van der Waals surface area contributed by atoms with Crippen LogP contribution in [0.5, 0.6) is 0 Å². The van der Waals surface area contributed by atoms with Gasteiger partial charge in [-0.1, -0.05) is 6.92 Å². The van der Waals surface area contributed by atoms with Crippen LogP contribution in [0.2, 0.25) is 0 Å². The molecule has 1 saturated heterocycles. The number of morpholine rings is 1. The Morgan fingerprint density at radius 3 is 2.90 bits per heavy atom. The van der Waals surface area contributed by atoms with Crippen LogP contribution in [-0.4, -0.2) is 52.9 Å². The fourth-order valence-corrected chi connectivity index (χ4v) is 3.29. The third kappa shape index (κ3) is 3.64. The molecule has 1 amide bonds. The van der Waals surface area contributed by atoms with Gasteiger partial charge in [0, 0.05) is 26.7 Å². The van der Waals surface area contributed by atoms with Crippen LogP contribution in [0.4, 0.5) is 0 Å². The molecule has 0 spiro atoms. The molecule has 1 aliphatic heterocycles. The molecule has 118 valence electrons. The largest absolute Gasteiger partial charge is 0.378 e. The third-order valence-electron chi connectivity index (χ3n) is 3.75. The Balaban J connectivity index is 2.16. The minimum atomic E-state index is -0.231. The van der Waals surface area contributed by atoms with Crippen LogP contribution >= 0.6 is 15.9 Å². The molecule has 2 rings (SSSR count). The molecule has 0 aliphatic carbocycles. The van der Waals surface area contributed by atoms with Crippen LogP contribution in [-0.2, 0) is 29.5 Å². The van der Waals surface area contributed by atoms with Gasteiger partial charge in [-0.25, -0.2) is 0 Å². The summed E-state index contributed by atoms with van der Waals surface area (Å²) in [6.45, 7) is 7.20. The number of carbonyl (C=O) groups excluding carboxylic acids is 1. The molecule has 1 fully saturated rings. The number of ether oxygens (including phenoxy) is 1. The number of aryl methyl sites for hydroxylation is 2. The number of amides is 1. The molecule has 2 heterocycles. The van der Waals surface area contributed by atoms with E-state index in [0.29, 0.717) is 26.3 Å². The van der Waals surface area contributed by atoms with Gasteiger partial charge in [0.25, 0.3) is 0 Å². The Labute approximate surface area is 133 Å². The van der Waals surface area contributed by atoms with Crippen LogP contribution in [0.25, 0.3) is 0 Å².